The Morgan fingerprint density at radius 1 is 0.902 bits per heavy atom. The van der Waals surface area contributed by atoms with Crippen molar-refractivity contribution >= 4 is 17.0 Å². The summed E-state index contributed by atoms with van der Waals surface area (Å²) < 4.78 is 12.2. The SMILES string of the molecule is O=C(NC(c1ccccc1)c1cccc(OCc2ccc(CCNC[C@@H](O)c3ccc(O)c4[nH]c(=O)ccc34)cc2)c1)O[C@H]1CN2CCC1CC2. The Bertz CT molecular complexity index is 1990. The van der Waals surface area contributed by atoms with Gasteiger partial charge in [0.05, 0.1) is 17.7 Å². The second-order valence-corrected chi connectivity index (χ2v) is 13.5. The average molecular weight is 689 g/mol. The van der Waals surface area contributed by atoms with E-state index >= 15 is 0 Å². The summed E-state index contributed by atoms with van der Waals surface area (Å²) in [5.74, 6) is 1.11. The summed E-state index contributed by atoms with van der Waals surface area (Å²) in [6.45, 7) is 4.37. The van der Waals surface area contributed by atoms with Crippen LogP contribution in [0.15, 0.2) is 108 Å². The third-order valence-electron chi connectivity index (χ3n) is 10.1. The summed E-state index contributed by atoms with van der Waals surface area (Å²) in [4.78, 5) is 29.9. The molecule has 10 nitrogen and oxygen atoms in total. The number of rotatable bonds is 13. The number of fused-ring (bicyclic) bond motifs is 4. The van der Waals surface area contributed by atoms with Crippen LogP contribution in [0, 0.1) is 5.92 Å². The highest BCUT2D eigenvalue weighted by Crippen LogP contribution is 2.31. The summed E-state index contributed by atoms with van der Waals surface area (Å²) in [5.41, 5.74) is 4.70. The Labute approximate surface area is 297 Å². The Balaban J connectivity index is 0.913. The third kappa shape index (κ3) is 8.42. The Hall–Kier alpha value is -5.16. The fraction of sp³-hybridized carbons (Fsp3) is 0.317. The number of phenols is 1. The largest absolute Gasteiger partial charge is 0.506 e. The van der Waals surface area contributed by atoms with Crippen LogP contribution in [0.5, 0.6) is 11.5 Å². The number of ether oxygens (including phenoxy) is 2. The van der Waals surface area contributed by atoms with Gasteiger partial charge in [-0.15, -0.1) is 0 Å². The highest BCUT2D eigenvalue weighted by atomic mass is 16.6. The molecule has 0 saturated carbocycles. The van der Waals surface area contributed by atoms with E-state index < -0.39 is 12.2 Å². The average Bonchev–Trinajstić information content (AvgIpc) is 3.16. The molecule has 4 heterocycles. The smallest absolute Gasteiger partial charge is 0.408 e. The number of aromatic amines is 1. The molecule has 0 radical (unpaired) electrons. The second kappa shape index (κ2) is 15.8. The first kappa shape index (κ1) is 34.3. The summed E-state index contributed by atoms with van der Waals surface area (Å²) in [7, 11) is 0. The number of aromatic hydroxyl groups is 1. The van der Waals surface area contributed by atoms with Crippen LogP contribution in [-0.2, 0) is 17.8 Å². The molecular formula is C41H44N4O6. The van der Waals surface area contributed by atoms with Gasteiger partial charge < -0.3 is 35.3 Å². The van der Waals surface area contributed by atoms with Crippen LogP contribution < -0.4 is 20.9 Å². The number of hydrogen-bond donors (Lipinski definition) is 5. The number of alkyl carbamates (subject to hydrolysis) is 1. The van der Waals surface area contributed by atoms with Crippen molar-refractivity contribution in [2.24, 2.45) is 5.92 Å². The molecule has 2 bridgehead atoms. The molecule has 3 aliphatic rings. The van der Waals surface area contributed by atoms with Crippen molar-refractivity contribution in [3.63, 3.8) is 0 Å². The van der Waals surface area contributed by atoms with Gasteiger partial charge in [0.25, 0.3) is 0 Å². The van der Waals surface area contributed by atoms with E-state index in [1.54, 1.807) is 12.1 Å². The van der Waals surface area contributed by atoms with Crippen LogP contribution in [0.3, 0.4) is 0 Å². The zero-order chi connectivity index (χ0) is 35.2. The summed E-state index contributed by atoms with van der Waals surface area (Å²) >= 11 is 0. The minimum atomic E-state index is -0.806. The predicted molar refractivity (Wildman–Crippen MR) is 196 cm³/mol. The van der Waals surface area contributed by atoms with E-state index in [-0.39, 0.29) is 23.5 Å². The number of nitrogens with zero attached hydrogens (tertiary/aromatic N) is 1. The highest BCUT2D eigenvalue weighted by molar-refractivity contribution is 5.87. The molecule has 1 amide bonds. The van der Waals surface area contributed by atoms with Crippen molar-refractivity contribution in [2.75, 3.05) is 32.7 Å². The number of aromatic nitrogens is 1. The van der Waals surface area contributed by atoms with Gasteiger partial charge in [-0.25, -0.2) is 4.79 Å². The minimum Gasteiger partial charge on any atom is -0.506 e. The standard InChI is InChI=1S/C41H44N4O6/c46-35-15-13-33(34-14-16-38(48)43-40(34)35)36(47)24-42-20-17-27-9-11-28(12-10-27)26-50-32-8-4-7-31(23-32)39(30-5-2-1-3-6-30)44-41(49)51-37-25-45-21-18-29(37)19-22-45/h1-16,23,29,36-37,39,42,46-47H,17-22,24-26H2,(H,43,48)(H,44,49)/t36-,37+,39?/m1/s1. The van der Waals surface area contributed by atoms with E-state index in [9.17, 15) is 19.8 Å². The summed E-state index contributed by atoms with van der Waals surface area (Å²) in [6.07, 6.45) is 1.66. The molecule has 51 heavy (non-hydrogen) atoms. The second-order valence-electron chi connectivity index (χ2n) is 13.5. The van der Waals surface area contributed by atoms with Crippen LogP contribution >= 0.6 is 0 Å². The van der Waals surface area contributed by atoms with Gasteiger partial charge in [-0.1, -0.05) is 72.8 Å². The normalized spacial score (nSPS) is 19.4. The Morgan fingerprint density at radius 2 is 1.67 bits per heavy atom. The van der Waals surface area contributed by atoms with Crippen LogP contribution in [0.2, 0.25) is 0 Å². The fourth-order valence-corrected chi connectivity index (χ4v) is 7.22. The zero-order valence-electron chi connectivity index (χ0n) is 28.5. The maximum absolute atomic E-state index is 13.2. The number of hydrogen-bond acceptors (Lipinski definition) is 8. The molecule has 8 rings (SSSR count). The number of piperidine rings is 3. The molecule has 1 aromatic heterocycles. The number of phenolic OH excluding ortho intramolecular Hbond substituents is 1. The first-order valence-electron chi connectivity index (χ1n) is 17.7. The number of nitrogens with one attached hydrogen (secondary N) is 3. The predicted octanol–water partition coefficient (Wildman–Crippen LogP) is 5.59. The first-order valence-corrected chi connectivity index (χ1v) is 17.7. The molecule has 264 valence electrons. The summed E-state index contributed by atoms with van der Waals surface area (Å²) in [5, 5.41) is 28.0. The lowest BCUT2D eigenvalue weighted by atomic mass is 9.86. The van der Waals surface area contributed by atoms with Gasteiger partial charge in [0.1, 0.15) is 24.2 Å². The minimum absolute atomic E-state index is 0.0311. The van der Waals surface area contributed by atoms with Gasteiger partial charge >= 0.3 is 6.09 Å². The molecule has 0 aliphatic carbocycles. The van der Waals surface area contributed by atoms with Crippen molar-refractivity contribution in [3.8, 4) is 11.5 Å². The van der Waals surface area contributed by atoms with E-state index in [4.69, 9.17) is 9.47 Å². The molecule has 5 N–H and O–H groups in total. The zero-order valence-corrected chi connectivity index (χ0v) is 28.5. The van der Waals surface area contributed by atoms with Gasteiger partial charge in [-0.05, 0) is 96.9 Å². The molecule has 0 spiro atoms. The maximum Gasteiger partial charge on any atom is 0.408 e. The van der Waals surface area contributed by atoms with Crippen LogP contribution in [0.4, 0.5) is 4.79 Å². The number of carbonyl (C=O) groups is 1. The van der Waals surface area contributed by atoms with Crippen LogP contribution in [0.25, 0.3) is 10.9 Å². The summed E-state index contributed by atoms with van der Waals surface area (Å²) in [6, 6.07) is 31.8. The lowest BCUT2D eigenvalue weighted by Gasteiger charge is -2.43. The monoisotopic (exact) mass is 688 g/mol. The molecule has 10 heteroatoms. The lowest BCUT2D eigenvalue weighted by molar-refractivity contribution is -0.0336. The van der Waals surface area contributed by atoms with E-state index in [0.717, 1.165) is 61.2 Å². The molecule has 5 aromatic rings. The van der Waals surface area contributed by atoms with Crippen molar-refractivity contribution in [3.05, 3.63) is 141 Å². The van der Waals surface area contributed by atoms with Gasteiger partial charge in [0, 0.05) is 24.5 Å². The highest BCUT2D eigenvalue weighted by Gasteiger charge is 2.37. The fourth-order valence-electron chi connectivity index (χ4n) is 7.22. The number of benzene rings is 4. The number of H-pyrrole nitrogens is 1. The molecule has 3 atom stereocenters. The van der Waals surface area contributed by atoms with Crippen molar-refractivity contribution in [1.29, 1.82) is 0 Å². The van der Waals surface area contributed by atoms with Crippen molar-refractivity contribution < 1.29 is 24.5 Å². The molecule has 4 aromatic carbocycles. The van der Waals surface area contributed by atoms with Crippen molar-refractivity contribution in [2.45, 2.75) is 44.1 Å². The number of amides is 1. The Morgan fingerprint density at radius 3 is 2.43 bits per heavy atom. The van der Waals surface area contributed by atoms with Gasteiger partial charge in [0.2, 0.25) is 5.56 Å². The third-order valence-corrected chi connectivity index (χ3v) is 10.1. The molecule has 1 unspecified atom stereocenters. The molecule has 3 aliphatic heterocycles. The van der Waals surface area contributed by atoms with Crippen LogP contribution in [-0.4, -0.2) is 65.0 Å². The first-order chi connectivity index (χ1) is 24.9. The number of aliphatic hydroxyl groups excluding tert-OH is 1. The van der Waals surface area contributed by atoms with E-state index in [2.05, 4.69) is 44.8 Å². The van der Waals surface area contributed by atoms with Gasteiger partial charge in [-0.2, -0.15) is 0 Å². The quantitative estimate of drug-likeness (QED) is 0.101. The number of pyridine rings is 1. The molecule has 3 saturated heterocycles. The van der Waals surface area contributed by atoms with Crippen LogP contribution in [0.1, 0.15) is 52.8 Å². The van der Waals surface area contributed by atoms with Crippen molar-refractivity contribution in [1.82, 2.24) is 20.5 Å². The number of carbonyl (C=O) groups excluding carboxylic acids is 1. The van der Waals surface area contributed by atoms with E-state index in [1.807, 2.05) is 54.6 Å². The topological polar surface area (TPSA) is 136 Å². The van der Waals surface area contributed by atoms with Gasteiger partial charge in [-0.3, -0.25) is 9.69 Å². The maximum atomic E-state index is 13.2. The Kier molecular flexibility index (Phi) is 10.6. The van der Waals surface area contributed by atoms with E-state index in [1.165, 1.54) is 12.1 Å². The van der Waals surface area contributed by atoms with Gasteiger partial charge in [0.15, 0.2) is 0 Å². The lowest BCUT2D eigenvalue weighted by Crippen LogP contribution is -2.52. The molecule has 3 fully saturated rings. The number of aliphatic hydroxyl groups is 1. The molecular weight excluding hydrogens is 644 g/mol. The van der Waals surface area contributed by atoms with E-state index in [0.29, 0.717) is 47.8 Å².